The highest BCUT2D eigenvalue weighted by atomic mass is 35.5. The van der Waals surface area contributed by atoms with Crippen LogP contribution in [0.25, 0.3) is 0 Å². The molecule has 0 aromatic heterocycles. The highest BCUT2D eigenvalue weighted by molar-refractivity contribution is 6.30. The Kier molecular flexibility index (Phi) is 7.55. The molecule has 0 unspecified atom stereocenters. The van der Waals surface area contributed by atoms with Crippen LogP contribution in [0.1, 0.15) is 22.3 Å². The lowest BCUT2D eigenvalue weighted by Crippen LogP contribution is -2.30. The predicted molar refractivity (Wildman–Crippen MR) is 104 cm³/mol. The van der Waals surface area contributed by atoms with Gasteiger partial charge in [0.05, 0.1) is 11.6 Å². The molecule has 0 aliphatic heterocycles. The molecule has 1 N–H and O–H groups in total. The summed E-state index contributed by atoms with van der Waals surface area (Å²) in [5.74, 6) is -1.45. The molecule has 2 aromatic carbocycles. The lowest BCUT2D eigenvalue weighted by atomic mass is 10.2. The zero-order valence-corrected chi connectivity index (χ0v) is 15.9. The molecule has 2 aromatic rings. The van der Waals surface area contributed by atoms with E-state index in [9.17, 15) is 14.4 Å². The maximum absolute atomic E-state index is 12.1. The number of anilines is 1. The van der Waals surface area contributed by atoms with Crippen LogP contribution in [0.4, 0.5) is 5.69 Å². The zero-order chi connectivity index (χ0) is 20.5. The number of likely N-dealkylation sites (N-methyl/N-ethyl adjacent to an activating group) is 1. The van der Waals surface area contributed by atoms with Gasteiger partial charge in [0.1, 0.15) is 6.42 Å². The van der Waals surface area contributed by atoms with E-state index in [-0.39, 0.29) is 17.9 Å². The minimum absolute atomic E-state index is 0.239. The van der Waals surface area contributed by atoms with Crippen LogP contribution in [0.2, 0.25) is 5.02 Å². The number of carbonyl (C=O) groups is 3. The number of amides is 2. The second-order valence-corrected chi connectivity index (χ2v) is 6.35. The first-order chi connectivity index (χ1) is 13.4. The van der Waals surface area contributed by atoms with Gasteiger partial charge in [0.15, 0.2) is 6.61 Å². The van der Waals surface area contributed by atoms with Crippen LogP contribution < -0.4 is 5.32 Å². The summed E-state index contributed by atoms with van der Waals surface area (Å²) in [6.45, 7) is -0.0510. The van der Waals surface area contributed by atoms with Crippen molar-refractivity contribution in [3.8, 4) is 6.07 Å². The molecule has 0 aliphatic carbocycles. The fourth-order valence-electron chi connectivity index (χ4n) is 2.28. The lowest BCUT2D eigenvalue weighted by Gasteiger charge is -2.17. The molecular weight excluding hydrogens is 382 g/mol. The van der Waals surface area contributed by atoms with Crippen molar-refractivity contribution in [2.75, 3.05) is 19.0 Å². The molecule has 0 spiro atoms. The van der Waals surface area contributed by atoms with Crippen LogP contribution in [0, 0.1) is 11.3 Å². The fraction of sp³-hybridized carbons (Fsp3) is 0.200. The van der Waals surface area contributed by atoms with Gasteiger partial charge in [-0.25, -0.2) is 4.79 Å². The van der Waals surface area contributed by atoms with E-state index in [1.807, 2.05) is 6.07 Å². The van der Waals surface area contributed by atoms with Gasteiger partial charge >= 0.3 is 5.97 Å². The number of ether oxygens (including phenoxy) is 1. The van der Waals surface area contributed by atoms with Crippen molar-refractivity contribution in [3.05, 3.63) is 64.7 Å². The number of esters is 1. The van der Waals surface area contributed by atoms with Crippen molar-refractivity contribution in [3.63, 3.8) is 0 Å². The van der Waals surface area contributed by atoms with Crippen LogP contribution in [0.15, 0.2) is 48.5 Å². The number of carbonyl (C=O) groups excluding carboxylic acids is 3. The first-order valence-electron chi connectivity index (χ1n) is 8.31. The van der Waals surface area contributed by atoms with Crippen LogP contribution in [0.5, 0.6) is 0 Å². The maximum atomic E-state index is 12.1. The second kappa shape index (κ2) is 10.1. The SMILES string of the molecule is CN(Cc1cccc(Cl)c1)C(=O)COC(=O)c1ccc(NC(=O)CC#N)cc1. The van der Waals surface area contributed by atoms with Gasteiger partial charge in [-0.1, -0.05) is 23.7 Å². The molecule has 0 aliphatic rings. The topological polar surface area (TPSA) is 99.5 Å². The van der Waals surface area contributed by atoms with E-state index in [4.69, 9.17) is 21.6 Å². The number of halogens is 1. The third-order valence-electron chi connectivity index (χ3n) is 3.71. The van der Waals surface area contributed by atoms with Crippen molar-refractivity contribution in [1.29, 1.82) is 5.26 Å². The molecule has 144 valence electrons. The van der Waals surface area contributed by atoms with Crippen LogP contribution >= 0.6 is 11.6 Å². The van der Waals surface area contributed by atoms with Gasteiger partial charge in [0, 0.05) is 24.3 Å². The Morgan fingerprint density at radius 3 is 2.54 bits per heavy atom. The largest absolute Gasteiger partial charge is 0.452 e. The first-order valence-corrected chi connectivity index (χ1v) is 8.69. The molecule has 7 nitrogen and oxygen atoms in total. The molecule has 0 saturated carbocycles. The van der Waals surface area contributed by atoms with Crippen molar-refractivity contribution in [2.24, 2.45) is 0 Å². The molecule has 0 heterocycles. The van der Waals surface area contributed by atoms with Crippen LogP contribution in [-0.2, 0) is 20.9 Å². The number of benzene rings is 2. The summed E-state index contributed by atoms with van der Waals surface area (Å²) in [5.41, 5.74) is 1.56. The summed E-state index contributed by atoms with van der Waals surface area (Å²) >= 11 is 5.92. The highest BCUT2D eigenvalue weighted by Crippen LogP contribution is 2.13. The summed E-state index contributed by atoms with van der Waals surface area (Å²) in [5, 5.41) is 11.6. The summed E-state index contributed by atoms with van der Waals surface area (Å²) in [6.07, 6.45) is -0.255. The smallest absolute Gasteiger partial charge is 0.338 e. The average Bonchev–Trinajstić information content (AvgIpc) is 2.66. The Labute approximate surface area is 167 Å². The highest BCUT2D eigenvalue weighted by Gasteiger charge is 2.14. The number of nitrogens with zero attached hydrogens (tertiary/aromatic N) is 2. The molecule has 0 saturated heterocycles. The average molecular weight is 400 g/mol. The molecular formula is C20H18ClN3O4. The van der Waals surface area contributed by atoms with Gasteiger partial charge in [-0.05, 0) is 42.0 Å². The summed E-state index contributed by atoms with van der Waals surface area (Å²) < 4.78 is 5.05. The number of hydrogen-bond donors (Lipinski definition) is 1. The second-order valence-electron chi connectivity index (χ2n) is 5.92. The molecule has 8 heteroatoms. The minimum atomic E-state index is -0.653. The molecule has 0 fully saturated rings. The number of rotatable bonds is 7. The molecule has 0 atom stereocenters. The third kappa shape index (κ3) is 6.41. The molecule has 0 bridgehead atoms. The van der Waals surface area contributed by atoms with Crippen LogP contribution in [0.3, 0.4) is 0 Å². The molecule has 2 rings (SSSR count). The van der Waals surface area contributed by atoms with Crippen molar-refractivity contribution >= 4 is 35.1 Å². The summed E-state index contributed by atoms with van der Waals surface area (Å²) in [7, 11) is 1.61. The Morgan fingerprint density at radius 1 is 1.18 bits per heavy atom. The van der Waals surface area contributed by atoms with E-state index in [2.05, 4.69) is 5.32 Å². The van der Waals surface area contributed by atoms with Crippen molar-refractivity contribution in [1.82, 2.24) is 4.90 Å². The van der Waals surface area contributed by atoms with Gasteiger partial charge < -0.3 is 15.0 Å². The fourth-order valence-corrected chi connectivity index (χ4v) is 2.50. The Morgan fingerprint density at radius 2 is 1.89 bits per heavy atom. The first kappa shape index (κ1) is 20.9. The predicted octanol–water partition coefficient (Wildman–Crippen LogP) is 3.01. The summed E-state index contributed by atoms with van der Waals surface area (Å²) in [6, 6.07) is 14.8. The Balaban J connectivity index is 1.84. The normalized spacial score (nSPS) is 9.89. The van der Waals surface area contributed by atoms with Gasteiger partial charge in [0.25, 0.3) is 5.91 Å². The molecule has 0 radical (unpaired) electrons. The van der Waals surface area contributed by atoms with E-state index in [1.54, 1.807) is 31.3 Å². The van der Waals surface area contributed by atoms with Crippen LogP contribution in [-0.4, -0.2) is 36.3 Å². The van der Waals surface area contributed by atoms with E-state index in [0.29, 0.717) is 17.3 Å². The lowest BCUT2D eigenvalue weighted by molar-refractivity contribution is -0.133. The minimum Gasteiger partial charge on any atom is -0.452 e. The van der Waals surface area contributed by atoms with E-state index in [1.165, 1.54) is 29.2 Å². The van der Waals surface area contributed by atoms with Gasteiger partial charge in [-0.3, -0.25) is 9.59 Å². The van der Waals surface area contributed by atoms with E-state index >= 15 is 0 Å². The third-order valence-corrected chi connectivity index (χ3v) is 3.94. The van der Waals surface area contributed by atoms with Gasteiger partial charge in [-0.15, -0.1) is 0 Å². The monoisotopic (exact) mass is 399 g/mol. The number of hydrogen-bond acceptors (Lipinski definition) is 5. The summed E-state index contributed by atoms with van der Waals surface area (Å²) in [4.78, 5) is 37.0. The standard InChI is InChI=1S/C20H18ClN3O4/c1-24(12-14-3-2-4-16(21)11-14)19(26)13-28-20(27)15-5-7-17(8-6-15)23-18(25)9-10-22/h2-8,11H,9,12-13H2,1H3,(H,23,25). The van der Waals surface area contributed by atoms with Gasteiger partial charge in [-0.2, -0.15) is 5.26 Å². The maximum Gasteiger partial charge on any atom is 0.338 e. The number of nitrogens with one attached hydrogen (secondary N) is 1. The quantitative estimate of drug-likeness (QED) is 0.721. The Hall–Kier alpha value is -3.37. The number of nitriles is 1. The van der Waals surface area contributed by atoms with Crippen molar-refractivity contribution < 1.29 is 19.1 Å². The zero-order valence-electron chi connectivity index (χ0n) is 15.1. The Bertz CT molecular complexity index is 906. The van der Waals surface area contributed by atoms with Gasteiger partial charge in [0.2, 0.25) is 5.91 Å². The van der Waals surface area contributed by atoms with Crippen molar-refractivity contribution in [2.45, 2.75) is 13.0 Å². The molecule has 28 heavy (non-hydrogen) atoms. The van der Waals surface area contributed by atoms with E-state index in [0.717, 1.165) is 5.56 Å². The van der Waals surface area contributed by atoms with E-state index < -0.39 is 18.5 Å². The molecule has 2 amide bonds.